The van der Waals surface area contributed by atoms with Crippen molar-refractivity contribution in [2.45, 2.75) is 48.0 Å². The van der Waals surface area contributed by atoms with Crippen LogP contribution in [0.2, 0.25) is 5.02 Å². The third-order valence-corrected chi connectivity index (χ3v) is 7.29. The summed E-state index contributed by atoms with van der Waals surface area (Å²) in [6, 6.07) is 10.8. The molecule has 1 N–H and O–H groups in total. The Morgan fingerprint density at radius 1 is 1.20 bits per heavy atom. The molecule has 2 aromatic carbocycles. The quantitative estimate of drug-likeness (QED) is 0.694. The van der Waals surface area contributed by atoms with Crippen LogP contribution in [0.15, 0.2) is 53.4 Å². The van der Waals surface area contributed by atoms with Crippen molar-refractivity contribution in [3.63, 3.8) is 0 Å². The van der Waals surface area contributed by atoms with E-state index in [-0.39, 0.29) is 10.5 Å². The molecule has 6 nitrogen and oxygen atoms in total. The molecular weight excluding hydrogens is 433 g/mol. The molecule has 1 aliphatic carbocycles. The monoisotopic (exact) mass is 453 g/mol. The molecule has 1 saturated carbocycles. The van der Waals surface area contributed by atoms with Gasteiger partial charge in [0.25, 0.3) is 0 Å². The zero-order valence-corrected chi connectivity index (χ0v) is 18.1. The number of aldehydes is 1. The van der Waals surface area contributed by atoms with Crippen LogP contribution in [0.3, 0.4) is 0 Å². The van der Waals surface area contributed by atoms with E-state index < -0.39 is 44.1 Å². The fraction of sp³-hybridized carbons (Fsp3) is 0.333. The molecule has 3 atom stereocenters. The molecule has 1 fully saturated rings. The molecule has 1 aliphatic rings. The Bertz CT molecular complexity index is 1080. The van der Waals surface area contributed by atoms with Gasteiger partial charge in [0, 0.05) is 10.9 Å². The average molecular weight is 454 g/mol. The van der Waals surface area contributed by atoms with Crippen molar-refractivity contribution in [2.24, 2.45) is 0 Å². The molecule has 0 radical (unpaired) electrons. The number of ether oxygens (including phenoxy) is 1. The van der Waals surface area contributed by atoms with Gasteiger partial charge >= 0.3 is 6.09 Å². The summed E-state index contributed by atoms with van der Waals surface area (Å²) in [5.41, 5.74) is -2.38. The minimum Gasteiger partial charge on any atom is -0.444 e. The fourth-order valence-corrected chi connectivity index (χ4v) is 5.90. The van der Waals surface area contributed by atoms with Gasteiger partial charge in [-0.05, 0) is 62.7 Å². The van der Waals surface area contributed by atoms with Crippen LogP contribution in [-0.2, 0) is 19.4 Å². The lowest BCUT2D eigenvalue weighted by molar-refractivity contribution is -0.110. The van der Waals surface area contributed by atoms with E-state index in [0.717, 1.165) is 6.07 Å². The summed E-state index contributed by atoms with van der Waals surface area (Å²) < 4.78 is 45.7. The number of hydrogen-bond acceptors (Lipinski definition) is 5. The van der Waals surface area contributed by atoms with Crippen molar-refractivity contribution in [3.05, 3.63) is 64.9 Å². The molecule has 0 aliphatic heterocycles. The third-order valence-electron chi connectivity index (χ3n) is 4.78. The smallest absolute Gasteiger partial charge is 0.408 e. The normalized spacial score (nSPS) is 23.5. The Labute approximate surface area is 179 Å². The predicted octanol–water partition coefficient (Wildman–Crippen LogP) is 3.88. The van der Waals surface area contributed by atoms with Crippen LogP contribution in [0.4, 0.5) is 9.18 Å². The second-order valence-corrected chi connectivity index (χ2v) is 10.6. The topological polar surface area (TPSA) is 89.5 Å². The van der Waals surface area contributed by atoms with Crippen LogP contribution >= 0.6 is 11.6 Å². The predicted molar refractivity (Wildman–Crippen MR) is 110 cm³/mol. The fourth-order valence-electron chi connectivity index (χ4n) is 3.53. The van der Waals surface area contributed by atoms with Gasteiger partial charge in [-0.15, -0.1) is 0 Å². The zero-order chi connectivity index (χ0) is 22.3. The first-order valence-corrected chi connectivity index (χ1v) is 11.1. The van der Waals surface area contributed by atoms with Crippen molar-refractivity contribution in [1.82, 2.24) is 5.32 Å². The molecule has 0 saturated heterocycles. The lowest BCUT2D eigenvalue weighted by atomic mass is 10.1. The summed E-state index contributed by atoms with van der Waals surface area (Å²) in [6.45, 7) is 4.91. The summed E-state index contributed by atoms with van der Waals surface area (Å²) in [5.74, 6) is -1.57. The van der Waals surface area contributed by atoms with E-state index in [4.69, 9.17) is 16.3 Å². The minimum absolute atomic E-state index is 0.0620. The molecule has 0 spiro atoms. The molecule has 0 unspecified atom stereocenters. The molecule has 0 bridgehead atoms. The highest BCUT2D eigenvalue weighted by molar-refractivity contribution is 7.92. The number of amides is 1. The van der Waals surface area contributed by atoms with Gasteiger partial charge < -0.3 is 14.8 Å². The summed E-state index contributed by atoms with van der Waals surface area (Å²) in [5, 5.41) is 1.43. The first kappa shape index (κ1) is 22.2. The molecule has 0 aromatic heterocycles. The number of rotatable bonds is 5. The maximum Gasteiger partial charge on any atom is 0.408 e. The Morgan fingerprint density at radius 2 is 1.83 bits per heavy atom. The van der Waals surface area contributed by atoms with Gasteiger partial charge in [-0.25, -0.2) is 17.6 Å². The Hall–Kier alpha value is -2.45. The highest BCUT2D eigenvalue weighted by Crippen LogP contribution is 2.56. The first-order valence-electron chi connectivity index (χ1n) is 9.13. The summed E-state index contributed by atoms with van der Waals surface area (Å²) in [6.07, 6.45) is -0.560. The first-order chi connectivity index (χ1) is 13.9. The zero-order valence-electron chi connectivity index (χ0n) is 16.6. The molecule has 3 rings (SSSR count). The summed E-state index contributed by atoms with van der Waals surface area (Å²) in [7, 11) is -4.08. The van der Waals surface area contributed by atoms with Crippen molar-refractivity contribution < 1.29 is 27.1 Å². The molecule has 2 aromatic rings. The van der Waals surface area contributed by atoms with Gasteiger partial charge in [0.1, 0.15) is 28.5 Å². The number of alkyl carbamates (subject to hydrolysis) is 1. The number of carbonyl (C=O) groups is 2. The van der Waals surface area contributed by atoms with Gasteiger partial charge in [0.05, 0.1) is 4.90 Å². The molecule has 9 heteroatoms. The van der Waals surface area contributed by atoms with Crippen LogP contribution in [0, 0.1) is 5.82 Å². The SMILES string of the molecule is CC(C)(C)OC(=O)N[C@@]1(C=O)[C@H](S(=O)(=O)c2ccc(Cl)cc2)[C@@H]1c1cccc(F)c1. The highest BCUT2D eigenvalue weighted by atomic mass is 35.5. The van der Waals surface area contributed by atoms with E-state index >= 15 is 0 Å². The maximum absolute atomic E-state index is 13.8. The molecule has 1 amide bonds. The Kier molecular flexibility index (Phi) is 5.68. The lowest BCUT2D eigenvalue weighted by Gasteiger charge is -2.22. The van der Waals surface area contributed by atoms with Crippen molar-refractivity contribution in [1.29, 1.82) is 0 Å². The van der Waals surface area contributed by atoms with E-state index in [1.807, 2.05) is 0 Å². The van der Waals surface area contributed by atoms with Crippen LogP contribution in [0.25, 0.3) is 0 Å². The molecular formula is C21H21ClFNO5S. The van der Waals surface area contributed by atoms with Crippen LogP contribution < -0.4 is 5.32 Å². The van der Waals surface area contributed by atoms with E-state index in [2.05, 4.69) is 5.32 Å². The average Bonchev–Trinajstić information content (AvgIpc) is 3.30. The van der Waals surface area contributed by atoms with Gasteiger partial charge in [-0.1, -0.05) is 23.7 Å². The van der Waals surface area contributed by atoms with E-state index in [0.29, 0.717) is 11.3 Å². The Balaban J connectivity index is 2.06. The van der Waals surface area contributed by atoms with Gasteiger partial charge in [-0.3, -0.25) is 0 Å². The number of sulfone groups is 1. The number of hydrogen-bond donors (Lipinski definition) is 1. The van der Waals surface area contributed by atoms with E-state index in [1.165, 1.54) is 42.5 Å². The highest BCUT2D eigenvalue weighted by Gasteiger charge is 2.73. The molecule has 0 heterocycles. The van der Waals surface area contributed by atoms with E-state index in [1.54, 1.807) is 20.8 Å². The second kappa shape index (κ2) is 7.67. The molecule has 30 heavy (non-hydrogen) atoms. The van der Waals surface area contributed by atoms with Crippen LogP contribution in [0.1, 0.15) is 32.3 Å². The maximum atomic E-state index is 13.8. The largest absolute Gasteiger partial charge is 0.444 e. The van der Waals surface area contributed by atoms with Gasteiger partial charge in [-0.2, -0.15) is 0 Å². The molecule has 160 valence electrons. The summed E-state index contributed by atoms with van der Waals surface area (Å²) in [4.78, 5) is 24.5. The van der Waals surface area contributed by atoms with Crippen LogP contribution in [-0.4, -0.2) is 37.2 Å². The van der Waals surface area contributed by atoms with Crippen molar-refractivity contribution in [2.75, 3.05) is 0 Å². The van der Waals surface area contributed by atoms with Crippen molar-refractivity contribution >= 4 is 33.8 Å². The number of nitrogens with one attached hydrogen (secondary N) is 1. The standard InChI is InChI=1S/C21H21ClFNO5S/c1-20(2,3)29-19(26)24-21(12-25)17(13-5-4-6-15(23)11-13)18(21)30(27,28)16-9-7-14(22)8-10-16/h4-12,17-18H,1-3H3,(H,24,26)/t17-,18+,21+/m0/s1. The minimum atomic E-state index is -4.08. The number of carbonyl (C=O) groups excluding carboxylic acids is 2. The van der Waals surface area contributed by atoms with E-state index in [9.17, 15) is 22.4 Å². The number of benzene rings is 2. The van der Waals surface area contributed by atoms with Crippen LogP contribution in [0.5, 0.6) is 0 Å². The van der Waals surface area contributed by atoms with Gasteiger partial charge in [0.2, 0.25) is 0 Å². The Morgan fingerprint density at radius 3 is 2.37 bits per heavy atom. The summed E-state index contributed by atoms with van der Waals surface area (Å²) >= 11 is 5.85. The number of halogens is 2. The third kappa shape index (κ3) is 4.20. The second-order valence-electron chi connectivity index (χ2n) is 8.13. The van der Waals surface area contributed by atoms with Crippen molar-refractivity contribution in [3.8, 4) is 0 Å². The lowest BCUT2D eigenvalue weighted by Crippen LogP contribution is -2.45. The van der Waals surface area contributed by atoms with Gasteiger partial charge in [0.15, 0.2) is 9.84 Å².